The van der Waals surface area contributed by atoms with Gasteiger partial charge in [-0.3, -0.25) is 14.4 Å². The minimum absolute atomic E-state index is 0.164. The van der Waals surface area contributed by atoms with Crippen LogP contribution < -0.4 is 19.2 Å². The van der Waals surface area contributed by atoms with Crippen LogP contribution in [0.4, 0.5) is 5.69 Å². The number of rotatable bonds is 8. The number of nitrogens with one attached hydrogen (secondary N) is 1. The minimum Gasteiger partial charge on any atom is -0.493 e. The summed E-state index contributed by atoms with van der Waals surface area (Å²) >= 11 is 14.5. The first kappa shape index (κ1) is 30.3. The molecule has 1 N–H and O–H groups in total. The van der Waals surface area contributed by atoms with Crippen molar-refractivity contribution in [3.8, 4) is 11.5 Å². The predicted octanol–water partition coefficient (Wildman–Crippen LogP) is 6.30. The van der Waals surface area contributed by atoms with Gasteiger partial charge >= 0.3 is 10.8 Å². The summed E-state index contributed by atoms with van der Waals surface area (Å²) in [5.74, 6) is -1.82. The topological polar surface area (TPSA) is 115 Å². The lowest BCUT2D eigenvalue weighted by molar-refractivity contribution is -0.122. The fourth-order valence-corrected chi connectivity index (χ4v) is 8.36. The van der Waals surface area contributed by atoms with Crippen LogP contribution in [-0.4, -0.2) is 41.7 Å². The summed E-state index contributed by atoms with van der Waals surface area (Å²) in [5.41, 5.74) is 2.08. The van der Waals surface area contributed by atoms with Gasteiger partial charge in [0.1, 0.15) is 11.9 Å². The van der Waals surface area contributed by atoms with Crippen LogP contribution >= 0.6 is 46.3 Å². The van der Waals surface area contributed by atoms with Gasteiger partial charge in [0.25, 0.3) is 0 Å². The van der Waals surface area contributed by atoms with Gasteiger partial charge in [-0.2, -0.15) is 0 Å². The lowest BCUT2D eigenvalue weighted by atomic mass is 9.83. The molecule has 0 spiro atoms. The molecule has 6 rings (SSSR count). The molecule has 2 aliphatic rings. The Bertz CT molecular complexity index is 1840. The molecule has 4 aromatic rings. The van der Waals surface area contributed by atoms with Gasteiger partial charge < -0.3 is 19.2 Å². The van der Waals surface area contributed by atoms with Crippen molar-refractivity contribution in [2.75, 3.05) is 18.6 Å². The van der Waals surface area contributed by atoms with E-state index >= 15 is 0 Å². The van der Waals surface area contributed by atoms with E-state index in [0.717, 1.165) is 21.8 Å². The summed E-state index contributed by atoms with van der Waals surface area (Å²) in [6.45, 7) is 2.10. The van der Waals surface area contributed by atoms with Gasteiger partial charge in [-0.1, -0.05) is 58.4 Å². The number of anilines is 1. The Morgan fingerprint density at radius 3 is 2.45 bits per heavy atom. The van der Waals surface area contributed by atoms with Crippen LogP contribution in [0, 0.1) is 5.92 Å². The third kappa shape index (κ3) is 5.49. The molecule has 3 heterocycles. The Hall–Kier alpha value is -3.77. The number of benzene rings is 3. The fourth-order valence-electron chi connectivity index (χ4n) is 5.38. The minimum atomic E-state index is -0.791. The number of aromatic nitrogens is 1. The number of halogens is 2. The molecular formula is C31H24Cl2N2O7S2. The molecule has 2 unspecified atom stereocenters. The van der Waals surface area contributed by atoms with Crippen molar-refractivity contribution in [1.82, 2.24) is 4.98 Å². The number of carbonyl (C=O) groups is 3. The van der Waals surface area contributed by atoms with E-state index in [1.165, 1.54) is 31.0 Å². The molecule has 3 aromatic carbocycles. The highest BCUT2D eigenvalue weighted by Crippen LogP contribution is 2.53. The molecule has 0 aliphatic carbocycles. The van der Waals surface area contributed by atoms with Gasteiger partial charge in [-0.05, 0) is 61.0 Å². The Labute approximate surface area is 270 Å². The number of fused-ring (bicyclic) bond motifs is 2. The van der Waals surface area contributed by atoms with Crippen molar-refractivity contribution in [3.63, 3.8) is 0 Å². The Morgan fingerprint density at radius 2 is 1.75 bits per heavy atom. The quantitative estimate of drug-likeness (QED) is 0.172. The van der Waals surface area contributed by atoms with Crippen LogP contribution in [0.3, 0.4) is 0 Å². The van der Waals surface area contributed by atoms with Crippen LogP contribution in [0.25, 0.3) is 0 Å². The number of hydrogen-bond donors (Lipinski definition) is 1. The lowest BCUT2D eigenvalue weighted by Crippen LogP contribution is -2.32. The Morgan fingerprint density at radius 1 is 0.977 bits per heavy atom. The van der Waals surface area contributed by atoms with E-state index in [1.807, 2.05) is 6.07 Å². The number of carbonyl (C=O) groups excluding carboxylic acids is 3. The molecule has 1 saturated heterocycles. The zero-order chi connectivity index (χ0) is 31.1. The van der Waals surface area contributed by atoms with Crippen molar-refractivity contribution in [2.45, 2.75) is 29.7 Å². The Balaban J connectivity index is 1.33. The molecule has 9 nitrogen and oxygen atoms in total. The van der Waals surface area contributed by atoms with E-state index in [9.17, 15) is 19.2 Å². The van der Waals surface area contributed by atoms with Crippen LogP contribution in [-0.2, 0) is 20.9 Å². The molecule has 0 radical (unpaired) electrons. The van der Waals surface area contributed by atoms with Crippen LogP contribution in [0.5, 0.6) is 11.5 Å². The van der Waals surface area contributed by atoms with Crippen molar-refractivity contribution in [1.29, 1.82) is 0 Å². The zero-order valence-corrected chi connectivity index (χ0v) is 26.4. The highest BCUT2D eigenvalue weighted by Gasteiger charge is 2.56. The van der Waals surface area contributed by atoms with Crippen LogP contribution in [0.2, 0.25) is 10.0 Å². The molecule has 2 amide bonds. The fraction of sp³-hybridized carbons (Fsp3) is 0.226. The van der Waals surface area contributed by atoms with E-state index in [2.05, 4.69) is 4.98 Å². The first-order chi connectivity index (χ1) is 21.2. The molecular weight excluding hydrogens is 647 g/mol. The average molecular weight is 672 g/mol. The molecule has 0 saturated carbocycles. The molecule has 226 valence electrons. The number of aromatic amines is 1. The molecule has 2 aliphatic heterocycles. The molecule has 44 heavy (non-hydrogen) atoms. The molecule has 13 heteroatoms. The average Bonchev–Trinajstić information content (AvgIpc) is 3.50. The molecule has 0 bridgehead atoms. The predicted molar refractivity (Wildman–Crippen MR) is 169 cm³/mol. The van der Waals surface area contributed by atoms with Gasteiger partial charge in [0.15, 0.2) is 11.5 Å². The number of amides is 2. The highest BCUT2D eigenvalue weighted by molar-refractivity contribution is 8.00. The SMILES string of the molecule is CCOC(=O)c1ccc(N2C(=O)C3Sc4[nH]c(=O)sc4[C@H](c4ccc(OCc5ccc(Cl)cc5Cl)c(OC)c4)C3C2=O)cc1. The van der Waals surface area contributed by atoms with Crippen molar-refractivity contribution < 1.29 is 28.6 Å². The molecule has 3 atom stereocenters. The zero-order valence-electron chi connectivity index (χ0n) is 23.3. The maximum atomic E-state index is 14.0. The highest BCUT2D eigenvalue weighted by atomic mass is 35.5. The third-order valence-electron chi connectivity index (χ3n) is 7.41. The van der Waals surface area contributed by atoms with Gasteiger partial charge in [-0.25, -0.2) is 9.69 Å². The van der Waals surface area contributed by atoms with Crippen LogP contribution in [0.1, 0.15) is 39.2 Å². The molecule has 1 aromatic heterocycles. The normalized spacial score (nSPS) is 19.0. The summed E-state index contributed by atoms with van der Waals surface area (Å²) in [5, 5.41) is 0.772. The van der Waals surface area contributed by atoms with Crippen molar-refractivity contribution in [2.24, 2.45) is 5.92 Å². The van der Waals surface area contributed by atoms with Gasteiger partial charge in [0.2, 0.25) is 11.8 Å². The second-order valence-electron chi connectivity index (χ2n) is 9.96. The van der Waals surface area contributed by atoms with E-state index in [4.69, 9.17) is 37.4 Å². The summed E-state index contributed by atoms with van der Waals surface area (Å²) in [6, 6.07) is 16.6. The van der Waals surface area contributed by atoms with Crippen molar-refractivity contribution >= 4 is 69.8 Å². The summed E-state index contributed by atoms with van der Waals surface area (Å²) < 4.78 is 16.7. The number of esters is 1. The maximum absolute atomic E-state index is 14.0. The standard InChI is InChI=1S/C31H24Cl2N2O7S2/c1-3-41-30(38)15-5-9-19(10-6-15)35-28(36)24-23(25-27(34-31(39)44-25)43-26(24)29(35)37)16-7-11-21(22(12-16)40-2)42-14-17-4-8-18(32)13-20(17)33/h4-13,23-24,26H,3,14H2,1-2H3,(H,34,39)/t23-,24?,26?/m1/s1. The van der Waals surface area contributed by atoms with Gasteiger partial charge in [-0.15, -0.1) is 0 Å². The largest absolute Gasteiger partial charge is 0.493 e. The van der Waals surface area contributed by atoms with E-state index in [0.29, 0.717) is 48.3 Å². The van der Waals surface area contributed by atoms with E-state index in [1.54, 1.807) is 49.4 Å². The van der Waals surface area contributed by atoms with Gasteiger partial charge in [0.05, 0.1) is 35.9 Å². The summed E-state index contributed by atoms with van der Waals surface area (Å²) in [6.07, 6.45) is 0. The smallest absolute Gasteiger partial charge is 0.338 e. The molecule has 1 fully saturated rings. The van der Waals surface area contributed by atoms with Crippen molar-refractivity contribution in [3.05, 3.63) is 102 Å². The second-order valence-corrected chi connectivity index (χ2v) is 13.0. The first-order valence-corrected chi connectivity index (χ1v) is 15.9. The number of thioether (sulfide) groups is 1. The Kier molecular flexibility index (Phi) is 8.47. The number of thiazole rings is 1. The second kappa shape index (κ2) is 12.3. The monoisotopic (exact) mass is 670 g/mol. The first-order valence-electron chi connectivity index (χ1n) is 13.5. The van der Waals surface area contributed by atoms with Crippen LogP contribution in [0.15, 0.2) is 70.5 Å². The van der Waals surface area contributed by atoms with E-state index < -0.39 is 34.9 Å². The van der Waals surface area contributed by atoms with E-state index in [-0.39, 0.29) is 18.1 Å². The number of nitrogens with zero attached hydrogens (tertiary/aromatic N) is 1. The number of H-pyrrole nitrogens is 1. The number of hydrogen-bond acceptors (Lipinski definition) is 9. The number of methoxy groups -OCH3 is 1. The summed E-state index contributed by atoms with van der Waals surface area (Å²) in [7, 11) is 1.51. The van der Waals surface area contributed by atoms with Gasteiger partial charge in [0, 0.05) is 26.4 Å². The third-order valence-corrected chi connectivity index (χ3v) is 10.4. The number of imide groups is 1. The summed E-state index contributed by atoms with van der Waals surface area (Å²) in [4.78, 5) is 56.8. The maximum Gasteiger partial charge on any atom is 0.338 e. The lowest BCUT2D eigenvalue weighted by Gasteiger charge is -2.30. The number of ether oxygens (including phenoxy) is 3.